The van der Waals surface area contributed by atoms with Crippen LogP contribution in [0.5, 0.6) is 0 Å². The van der Waals surface area contributed by atoms with Crippen LogP contribution in [0.25, 0.3) is 0 Å². The molecule has 6 aliphatic heterocycles. The Kier molecular flexibility index (Phi) is 9.52. The number of anilines is 2. The first-order valence-electron chi connectivity index (χ1n) is 20.1. The zero-order chi connectivity index (χ0) is 39.6. The van der Waals surface area contributed by atoms with Gasteiger partial charge in [-0.3, -0.25) is 39.1 Å². The van der Waals surface area contributed by atoms with Crippen molar-refractivity contribution in [3.05, 3.63) is 87.2 Å². The lowest BCUT2D eigenvalue weighted by Gasteiger charge is -2.40. The summed E-state index contributed by atoms with van der Waals surface area (Å²) in [4.78, 5) is 78.9. The first kappa shape index (κ1) is 37.3. The number of imide groups is 2. The van der Waals surface area contributed by atoms with E-state index in [0.29, 0.717) is 65.5 Å². The molecule has 2 atom stereocenters. The van der Waals surface area contributed by atoms with Gasteiger partial charge in [-0.25, -0.2) is 4.98 Å². The number of piperidine rings is 3. The van der Waals surface area contributed by atoms with Gasteiger partial charge in [-0.2, -0.15) is 5.26 Å². The molecule has 1 aromatic heterocycles. The van der Waals surface area contributed by atoms with Crippen molar-refractivity contribution in [3.63, 3.8) is 0 Å². The molecule has 9 rings (SSSR count). The average Bonchev–Trinajstić information content (AvgIpc) is 3.84. The molecule has 7 heterocycles. The van der Waals surface area contributed by atoms with Gasteiger partial charge in [0.2, 0.25) is 11.8 Å². The quantitative estimate of drug-likeness (QED) is 0.347. The van der Waals surface area contributed by atoms with Gasteiger partial charge in [0, 0.05) is 70.5 Å². The number of benzene rings is 2. The van der Waals surface area contributed by atoms with Crippen LogP contribution >= 0.6 is 11.6 Å². The number of halogens is 1. The third-order valence-corrected chi connectivity index (χ3v) is 13.6. The highest BCUT2D eigenvalue weighted by Crippen LogP contribution is 2.46. The van der Waals surface area contributed by atoms with E-state index in [9.17, 15) is 29.2 Å². The SMILES string of the molecule is CC1CC2(CCN(c3ccc(C(=O)N4CCC(CN5Cc6cc7c(cc6C5)C(=O)N(C5CCC(=O)NC5=O)C7=O)CC4)nc3)CC2)CN1c1ccc(C#N)c(Cl)c1. The number of nitrogens with one attached hydrogen (secondary N) is 1. The molecule has 4 fully saturated rings. The second kappa shape index (κ2) is 14.6. The van der Waals surface area contributed by atoms with E-state index in [1.54, 1.807) is 12.1 Å². The number of amides is 5. The number of fused-ring (bicyclic) bond motifs is 2. The molecule has 0 aliphatic carbocycles. The Morgan fingerprint density at radius 2 is 1.61 bits per heavy atom. The first-order chi connectivity index (χ1) is 27.5. The van der Waals surface area contributed by atoms with Gasteiger partial charge in [0.15, 0.2) is 0 Å². The minimum atomic E-state index is -0.971. The van der Waals surface area contributed by atoms with Gasteiger partial charge in [0.1, 0.15) is 17.8 Å². The highest BCUT2D eigenvalue weighted by Gasteiger charge is 2.46. The smallest absolute Gasteiger partial charge is 0.272 e. The number of hydrogen-bond acceptors (Lipinski definition) is 10. The Morgan fingerprint density at radius 3 is 2.23 bits per heavy atom. The van der Waals surface area contributed by atoms with Crippen molar-refractivity contribution in [1.29, 1.82) is 5.26 Å². The number of pyridine rings is 1. The van der Waals surface area contributed by atoms with E-state index < -0.39 is 29.7 Å². The number of rotatable bonds is 6. The number of hydrogen-bond donors (Lipinski definition) is 1. The first-order valence-corrected chi connectivity index (χ1v) is 20.4. The molecule has 1 spiro atoms. The van der Waals surface area contributed by atoms with E-state index in [2.05, 4.69) is 38.0 Å². The summed E-state index contributed by atoms with van der Waals surface area (Å²) < 4.78 is 0. The van der Waals surface area contributed by atoms with Crippen molar-refractivity contribution in [1.82, 2.24) is 25.0 Å². The molecule has 294 valence electrons. The topological polar surface area (TPSA) is 150 Å². The lowest BCUT2D eigenvalue weighted by Crippen LogP contribution is -2.54. The molecule has 6 aliphatic rings. The van der Waals surface area contributed by atoms with E-state index in [1.165, 1.54) is 0 Å². The lowest BCUT2D eigenvalue weighted by atomic mass is 9.76. The Hall–Kier alpha value is -5.32. The summed E-state index contributed by atoms with van der Waals surface area (Å²) in [5.41, 5.74) is 5.97. The molecule has 13 nitrogen and oxygen atoms in total. The third-order valence-electron chi connectivity index (χ3n) is 13.3. The Bertz CT molecular complexity index is 2180. The third kappa shape index (κ3) is 6.82. The normalized spacial score (nSPS) is 23.6. The molecule has 1 N–H and O–H groups in total. The van der Waals surface area contributed by atoms with Gasteiger partial charge in [-0.05, 0) is 110 Å². The second-order valence-corrected chi connectivity index (χ2v) is 17.3. The standard InChI is InChI=1S/C43H45ClN8O5/c1-26-19-43(25-51(26)31-3-2-28(20-45)35(44)18-31)10-14-49(15-11-43)32-4-5-36(46-21-32)42(57)50-12-8-27(9-13-50)22-48-23-29-16-33-34(17-30(29)24-48)41(56)52(40(33)55)37-6-7-38(53)47-39(37)54/h2-5,16-18,21,26-27,37H,6-15,19,22-25H2,1H3,(H,47,53,54). The van der Waals surface area contributed by atoms with Gasteiger partial charge in [0.25, 0.3) is 17.7 Å². The van der Waals surface area contributed by atoms with Crippen molar-refractivity contribution in [2.45, 2.75) is 77.0 Å². The van der Waals surface area contributed by atoms with Crippen LogP contribution in [0.2, 0.25) is 5.02 Å². The van der Waals surface area contributed by atoms with Crippen molar-refractivity contribution < 1.29 is 24.0 Å². The van der Waals surface area contributed by atoms with Gasteiger partial charge in [0.05, 0.1) is 33.6 Å². The molecule has 0 radical (unpaired) electrons. The van der Waals surface area contributed by atoms with Gasteiger partial charge >= 0.3 is 0 Å². The summed E-state index contributed by atoms with van der Waals surface area (Å²) in [6.07, 6.45) is 7.10. The van der Waals surface area contributed by atoms with Gasteiger partial charge in [-0.1, -0.05) is 11.6 Å². The summed E-state index contributed by atoms with van der Waals surface area (Å²) in [7, 11) is 0. The molecule has 4 saturated heterocycles. The van der Waals surface area contributed by atoms with Crippen LogP contribution < -0.4 is 15.1 Å². The van der Waals surface area contributed by atoms with Crippen LogP contribution in [-0.4, -0.2) is 101 Å². The van der Waals surface area contributed by atoms with Crippen LogP contribution in [0.15, 0.2) is 48.7 Å². The maximum absolute atomic E-state index is 13.5. The molecular formula is C43H45ClN8O5. The zero-order valence-corrected chi connectivity index (χ0v) is 32.8. The lowest BCUT2D eigenvalue weighted by molar-refractivity contribution is -0.136. The molecule has 5 amide bonds. The van der Waals surface area contributed by atoms with Crippen molar-refractivity contribution in [2.75, 3.05) is 49.1 Å². The summed E-state index contributed by atoms with van der Waals surface area (Å²) in [5.74, 6) is -1.59. The highest BCUT2D eigenvalue weighted by atomic mass is 35.5. The predicted molar refractivity (Wildman–Crippen MR) is 212 cm³/mol. The van der Waals surface area contributed by atoms with Crippen LogP contribution in [0.1, 0.15) is 99.8 Å². The van der Waals surface area contributed by atoms with Crippen LogP contribution in [-0.2, 0) is 22.7 Å². The predicted octanol–water partition coefficient (Wildman–Crippen LogP) is 4.76. The molecule has 3 aromatic rings. The molecule has 0 bridgehead atoms. The summed E-state index contributed by atoms with van der Waals surface area (Å²) >= 11 is 6.37. The van der Waals surface area contributed by atoms with Crippen LogP contribution in [0.4, 0.5) is 11.4 Å². The van der Waals surface area contributed by atoms with E-state index in [4.69, 9.17) is 11.6 Å². The molecule has 2 unspecified atom stereocenters. The fourth-order valence-corrected chi connectivity index (χ4v) is 10.4. The molecule has 2 aromatic carbocycles. The summed E-state index contributed by atoms with van der Waals surface area (Å²) in [6.45, 7) is 8.63. The largest absolute Gasteiger partial charge is 0.370 e. The monoisotopic (exact) mass is 788 g/mol. The van der Waals surface area contributed by atoms with Crippen molar-refractivity contribution in [3.8, 4) is 6.07 Å². The average molecular weight is 789 g/mol. The Morgan fingerprint density at radius 1 is 0.930 bits per heavy atom. The highest BCUT2D eigenvalue weighted by molar-refractivity contribution is 6.32. The Labute approximate surface area is 336 Å². The minimum Gasteiger partial charge on any atom is -0.370 e. The second-order valence-electron chi connectivity index (χ2n) is 16.9. The molecule has 0 saturated carbocycles. The zero-order valence-electron chi connectivity index (χ0n) is 32.0. The fourth-order valence-electron chi connectivity index (χ4n) is 10.2. The van der Waals surface area contributed by atoms with E-state index >= 15 is 0 Å². The van der Waals surface area contributed by atoms with Crippen LogP contribution in [0.3, 0.4) is 0 Å². The molecule has 14 heteroatoms. The van der Waals surface area contributed by atoms with Crippen LogP contribution in [0, 0.1) is 22.7 Å². The number of likely N-dealkylation sites (tertiary alicyclic amines) is 1. The summed E-state index contributed by atoms with van der Waals surface area (Å²) in [6, 6.07) is 14.8. The fraction of sp³-hybridized carbons (Fsp3) is 0.465. The van der Waals surface area contributed by atoms with Crippen molar-refractivity contribution >= 4 is 52.5 Å². The minimum absolute atomic E-state index is 0.0377. The van der Waals surface area contributed by atoms with E-state index in [0.717, 1.165) is 85.7 Å². The number of carbonyl (C=O) groups is 5. The number of nitriles is 1. The summed E-state index contributed by atoms with van der Waals surface area (Å²) in [5, 5.41) is 12.0. The number of carbonyl (C=O) groups excluding carboxylic acids is 5. The maximum atomic E-state index is 13.5. The molecule has 57 heavy (non-hydrogen) atoms. The van der Waals surface area contributed by atoms with Gasteiger partial charge < -0.3 is 14.7 Å². The van der Waals surface area contributed by atoms with Gasteiger partial charge in [-0.15, -0.1) is 0 Å². The maximum Gasteiger partial charge on any atom is 0.272 e. The number of aromatic nitrogens is 1. The molecular weight excluding hydrogens is 744 g/mol. The van der Waals surface area contributed by atoms with E-state index in [1.807, 2.05) is 41.4 Å². The number of nitrogens with zero attached hydrogens (tertiary/aromatic N) is 7. The Balaban J connectivity index is 0.745. The van der Waals surface area contributed by atoms with Crippen molar-refractivity contribution in [2.24, 2.45) is 11.3 Å². The van der Waals surface area contributed by atoms with E-state index in [-0.39, 0.29) is 24.2 Å².